The van der Waals surface area contributed by atoms with E-state index in [1.54, 1.807) is 27.0 Å². The highest BCUT2D eigenvalue weighted by Crippen LogP contribution is 2.19. The Morgan fingerprint density at radius 3 is 2.70 bits per heavy atom. The van der Waals surface area contributed by atoms with Crippen LogP contribution < -0.4 is 5.32 Å². The molecule has 0 saturated carbocycles. The van der Waals surface area contributed by atoms with Crippen molar-refractivity contribution in [3.05, 3.63) is 29.5 Å². The van der Waals surface area contributed by atoms with Gasteiger partial charge in [0.05, 0.1) is 11.7 Å². The monoisotopic (exact) mass is 319 g/mol. The first-order valence-electron chi connectivity index (χ1n) is 7.30. The normalized spacial score (nSPS) is 12.9. The maximum atomic E-state index is 11.8. The van der Waals surface area contributed by atoms with E-state index >= 15 is 0 Å². The maximum absolute atomic E-state index is 11.8. The summed E-state index contributed by atoms with van der Waals surface area (Å²) in [6, 6.07) is 2.68. The first-order valence-corrected chi connectivity index (χ1v) is 7.30. The van der Waals surface area contributed by atoms with Crippen molar-refractivity contribution in [3.8, 4) is 0 Å². The molecule has 7 heteroatoms. The van der Waals surface area contributed by atoms with Gasteiger partial charge in [0.2, 0.25) is 0 Å². The lowest BCUT2D eigenvalue weighted by atomic mass is 10.0. The topological polar surface area (TPSA) is 104 Å². The lowest BCUT2D eigenvalue weighted by molar-refractivity contribution is -0.139. The summed E-state index contributed by atoms with van der Waals surface area (Å²) in [5.74, 6) is -1.11. The van der Waals surface area contributed by atoms with E-state index in [2.05, 4.69) is 15.5 Å². The van der Waals surface area contributed by atoms with Crippen molar-refractivity contribution in [3.63, 3.8) is 0 Å². The molecule has 7 nitrogen and oxygen atoms in total. The van der Waals surface area contributed by atoms with Crippen LogP contribution in [0.2, 0.25) is 0 Å². The summed E-state index contributed by atoms with van der Waals surface area (Å²) in [6.07, 6.45) is 1.10. The molecule has 0 spiro atoms. The molecular weight excluding hydrogens is 298 g/mol. The van der Waals surface area contributed by atoms with Crippen LogP contribution in [0.15, 0.2) is 18.3 Å². The van der Waals surface area contributed by atoms with Crippen molar-refractivity contribution in [1.29, 1.82) is 0 Å². The highest BCUT2D eigenvalue weighted by molar-refractivity contribution is 5.83. The number of ether oxygens (including phenoxy) is 1. The van der Waals surface area contributed by atoms with Crippen LogP contribution in [0.25, 0.3) is 10.9 Å². The van der Waals surface area contributed by atoms with E-state index in [0.717, 1.165) is 22.0 Å². The van der Waals surface area contributed by atoms with Gasteiger partial charge < -0.3 is 15.2 Å². The molecule has 124 valence electrons. The van der Waals surface area contributed by atoms with Crippen molar-refractivity contribution >= 4 is 23.0 Å². The summed E-state index contributed by atoms with van der Waals surface area (Å²) in [5, 5.41) is 19.5. The number of carbonyl (C=O) groups excluding carboxylic acids is 1. The van der Waals surface area contributed by atoms with Gasteiger partial charge in [-0.2, -0.15) is 5.10 Å². The molecule has 0 aliphatic heterocycles. The molecule has 0 unspecified atom stereocenters. The number of rotatable bonds is 4. The zero-order valence-electron chi connectivity index (χ0n) is 13.6. The number of hydrogen-bond acceptors (Lipinski definition) is 4. The number of benzene rings is 1. The number of carboxylic acid groups (broad SMARTS) is 1. The van der Waals surface area contributed by atoms with Crippen LogP contribution in [-0.4, -0.2) is 39.0 Å². The third-order valence-electron chi connectivity index (χ3n) is 3.23. The van der Waals surface area contributed by atoms with E-state index in [1.165, 1.54) is 0 Å². The number of aliphatic carboxylic acids is 1. The van der Waals surface area contributed by atoms with Gasteiger partial charge in [-0.1, -0.05) is 6.07 Å². The number of H-pyrrole nitrogens is 1. The fourth-order valence-electron chi connectivity index (χ4n) is 2.32. The average Bonchev–Trinajstić information content (AvgIpc) is 2.84. The first-order chi connectivity index (χ1) is 10.7. The molecule has 1 heterocycles. The summed E-state index contributed by atoms with van der Waals surface area (Å²) >= 11 is 0. The molecule has 0 radical (unpaired) electrons. The van der Waals surface area contributed by atoms with Gasteiger partial charge in [0.1, 0.15) is 11.6 Å². The van der Waals surface area contributed by atoms with Gasteiger partial charge in [0.15, 0.2) is 0 Å². The number of aryl methyl sites for hydroxylation is 1. The van der Waals surface area contributed by atoms with Gasteiger partial charge in [0.25, 0.3) is 0 Å². The Kier molecular flexibility index (Phi) is 4.58. The Morgan fingerprint density at radius 1 is 1.39 bits per heavy atom. The highest BCUT2D eigenvalue weighted by Gasteiger charge is 2.24. The van der Waals surface area contributed by atoms with Crippen LogP contribution >= 0.6 is 0 Å². The maximum Gasteiger partial charge on any atom is 0.408 e. The van der Waals surface area contributed by atoms with Gasteiger partial charge in [-0.25, -0.2) is 9.59 Å². The summed E-state index contributed by atoms with van der Waals surface area (Å²) in [6.45, 7) is 7.08. The van der Waals surface area contributed by atoms with Crippen LogP contribution in [0, 0.1) is 6.92 Å². The second-order valence-electron chi connectivity index (χ2n) is 6.49. The second kappa shape index (κ2) is 6.28. The number of carboxylic acids is 1. The summed E-state index contributed by atoms with van der Waals surface area (Å²) in [4.78, 5) is 23.2. The molecule has 1 aromatic carbocycles. The van der Waals surface area contributed by atoms with E-state index < -0.39 is 23.7 Å². The Labute approximate surface area is 134 Å². The van der Waals surface area contributed by atoms with Crippen molar-refractivity contribution < 1.29 is 19.4 Å². The fraction of sp³-hybridized carbons (Fsp3) is 0.438. The predicted molar refractivity (Wildman–Crippen MR) is 85.3 cm³/mol. The summed E-state index contributed by atoms with van der Waals surface area (Å²) < 4.78 is 5.11. The van der Waals surface area contributed by atoms with Crippen molar-refractivity contribution in [2.75, 3.05) is 0 Å². The van der Waals surface area contributed by atoms with Crippen molar-refractivity contribution in [1.82, 2.24) is 15.5 Å². The zero-order chi connectivity index (χ0) is 17.2. The number of alkyl carbamates (subject to hydrolysis) is 1. The molecular formula is C16H21N3O4. The lowest BCUT2D eigenvalue weighted by Gasteiger charge is -2.22. The third-order valence-corrected chi connectivity index (χ3v) is 3.23. The second-order valence-corrected chi connectivity index (χ2v) is 6.49. The van der Waals surface area contributed by atoms with E-state index in [-0.39, 0.29) is 6.42 Å². The van der Waals surface area contributed by atoms with Gasteiger partial charge >= 0.3 is 12.1 Å². The molecule has 1 atom stereocenters. The van der Waals surface area contributed by atoms with Gasteiger partial charge in [-0.3, -0.25) is 5.10 Å². The minimum atomic E-state index is -1.11. The smallest absolute Gasteiger partial charge is 0.408 e. The number of aromatic amines is 1. The standard InChI is InChI=1S/C16H21N3O4/c1-9-5-10(6-11-8-17-19-13(9)11)7-12(14(20)21)18-15(22)23-16(2,3)4/h5-6,8,12H,7H2,1-4H3,(H,17,19)(H,18,22)(H,20,21)/t12-/m0/s1. The van der Waals surface area contributed by atoms with E-state index in [1.807, 2.05) is 19.1 Å². The molecule has 0 aliphatic rings. The number of fused-ring (bicyclic) bond motifs is 1. The minimum Gasteiger partial charge on any atom is -0.480 e. The molecule has 23 heavy (non-hydrogen) atoms. The highest BCUT2D eigenvalue weighted by atomic mass is 16.6. The number of nitrogens with zero attached hydrogens (tertiary/aromatic N) is 1. The Morgan fingerprint density at radius 2 is 2.09 bits per heavy atom. The van der Waals surface area contributed by atoms with Crippen LogP contribution in [0.3, 0.4) is 0 Å². The minimum absolute atomic E-state index is 0.163. The number of hydrogen-bond donors (Lipinski definition) is 3. The molecule has 3 N–H and O–H groups in total. The van der Waals surface area contributed by atoms with Crippen LogP contribution in [0.5, 0.6) is 0 Å². The molecule has 2 aromatic rings. The van der Waals surface area contributed by atoms with Gasteiger partial charge in [0, 0.05) is 11.8 Å². The molecule has 0 saturated heterocycles. The Balaban J connectivity index is 2.15. The molecule has 0 bridgehead atoms. The summed E-state index contributed by atoms with van der Waals surface area (Å²) in [5.41, 5.74) is 2.01. The quantitative estimate of drug-likeness (QED) is 0.802. The molecule has 1 aromatic heterocycles. The van der Waals surface area contributed by atoms with E-state index in [4.69, 9.17) is 4.74 Å². The van der Waals surface area contributed by atoms with E-state index in [0.29, 0.717) is 0 Å². The third kappa shape index (κ3) is 4.45. The molecule has 0 fully saturated rings. The van der Waals surface area contributed by atoms with Crippen LogP contribution in [0.1, 0.15) is 31.9 Å². The molecule has 2 rings (SSSR count). The number of carbonyl (C=O) groups is 2. The Bertz CT molecular complexity index is 730. The lowest BCUT2D eigenvalue weighted by Crippen LogP contribution is -2.44. The number of nitrogens with one attached hydrogen (secondary N) is 2. The zero-order valence-corrected chi connectivity index (χ0v) is 13.6. The van der Waals surface area contributed by atoms with Gasteiger partial charge in [-0.15, -0.1) is 0 Å². The van der Waals surface area contributed by atoms with Gasteiger partial charge in [-0.05, 0) is 44.9 Å². The van der Waals surface area contributed by atoms with Crippen molar-refractivity contribution in [2.24, 2.45) is 0 Å². The first kappa shape index (κ1) is 16.8. The molecule has 1 amide bonds. The average molecular weight is 319 g/mol. The number of aromatic nitrogens is 2. The Hall–Kier alpha value is -2.57. The van der Waals surface area contributed by atoms with Crippen molar-refractivity contribution in [2.45, 2.75) is 45.8 Å². The van der Waals surface area contributed by atoms with Crippen LogP contribution in [-0.2, 0) is 16.0 Å². The molecule has 0 aliphatic carbocycles. The fourth-order valence-corrected chi connectivity index (χ4v) is 2.32. The largest absolute Gasteiger partial charge is 0.480 e. The SMILES string of the molecule is Cc1cc(C[C@H](NC(=O)OC(C)(C)C)C(=O)O)cc2cn[nH]c12. The van der Waals surface area contributed by atoms with Crippen LogP contribution in [0.4, 0.5) is 4.79 Å². The number of amides is 1. The van der Waals surface area contributed by atoms with E-state index in [9.17, 15) is 14.7 Å². The predicted octanol–water partition coefficient (Wildman–Crippen LogP) is 2.39. The summed E-state index contributed by atoms with van der Waals surface area (Å²) in [7, 11) is 0.